The van der Waals surface area contributed by atoms with Crippen LogP contribution in [0.1, 0.15) is 47.9 Å². The minimum absolute atomic E-state index is 0.0868. The van der Waals surface area contributed by atoms with E-state index in [4.69, 9.17) is 0 Å². The van der Waals surface area contributed by atoms with E-state index in [1.165, 1.54) is 30.9 Å². The summed E-state index contributed by atoms with van der Waals surface area (Å²) in [5.74, 6) is 0.550. The van der Waals surface area contributed by atoms with Crippen molar-refractivity contribution >= 4 is 0 Å². The first-order chi connectivity index (χ1) is 9.79. The summed E-state index contributed by atoms with van der Waals surface area (Å²) in [6, 6.07) is 15.5. The van der Waals surface area contributed by atoms with E-state index >= 15 is 0 Å². The molecular weight excluding hydrogens is 249 g/mol. The molecule has 0 spiro atoms. The Balaban J connectivity index is 1.95. The second-order valence-electron chi connectivity index (χ2n) is 5.54. The maximum atomic E-state index is 14.0. The fraction of sp³-hybridized carbons (Fsp3) is 0.333. The van der Waals surface area contributed by atoms with Crippen LogP contribution in [-0.2, 0) is 0 Å². The molecule has 1 fully saturated rings. The van der Waals surface area contributed by atoms with Gasteiger partial charge in [0.1, 0.15) is 5.82 Å². The van der Waals surface area contributed by atoms with E-state index in [-0.39, 0.29) is 11.9 Å². The van der Waals surface area contributed by atoms with E-state index in [0.29, 0.717) is 11.5 Å². The highest BCUT2D eigenvalue weighted by molar-refractivity contribution is 5.36. The van der Waals surface area contributed by atoms with Crippen LogP contribution in [0.25, 0.3) is 0 Å². The van der Waals surface area contributed by atoms with Gasteiger partial charge in [0.25, 0.3) is 0 Å². The summed E-state index contributed by atoms with van der Waals surface area (Å²) in [5, 5.41) is 3.24. The molecule has 20 heavy (non-hydrogen) atoms. The molecule has 1 unspecified atom stereocenters. The smallest absolute Gasteiger partial charge is 0.128 e. The van der Waals surface area contributed by atoms with Crippen molar-refractivity contribution in [1.29, 1.82) is 0 Å². The fourth-order valence-electron chi connectivity index (χ4n) is 2.95. The van der Waals surface area contributed by atoms with E-state index in [9.17, 15) is 4.39 Å². The van der Waals surface area contributed by atoms with Gasteiger partial charge in [-0.05, 0) is 43.0 Å². The average molecular weight is 269 g/mol. The normalized spacial score (nSPS) is 16.7. The summed E-state index contributed by atoms with van der Waals surface area (Å²) in [7, 11) is 1.88. The molecule has 1 N–H and O–H groups in total. The van der Waals surface area contributed by atoms with Gasteiger partial charge in [0.05, 0.1) is 6.04 Å². The van der Waals surface area contributed by atoms with Gasteiger partial charge in [-0.15, -0.1) is 0 Å². The molecule has 2 aromatic rings. The highest BCUT2D eigenvalue weighted by atomic mass is 19.1. The molecule has 1 saturated carbocycles. The van der Waals surface area contributed by atoms with E-state index in [1.54, 1.807) is 6.07 Å². The molecule has 0 aliphatic heterocycles. The summed E-state index contributed by atoms with van der Waals surface area (Å²) in [6.07, 6.45) is 3.90. The van der Waals surface area contributed by atoms with Crippen LogP contribution in [0.5, 0.6) is 0 Å². The monoisotopic (exact) mass is 269 g/mol. The molecule has 0 aromatic heterocycles. The number of benzene rings is 2. The molecule has 104 valence electrons. The van der Waals surface area contributed by atoms with Crippen LogP contribution in [0.4, 0.5) is 4.39 Å². The van der Waals surface area contributed by atoms with E-state index < -0.39 is 0 Å². The molecular formula is C18H20FN. The quantitative estimate of drug-likeness (QED) is 0.867. The van der Waals surface area contributed by atoms with Crippen molar-refractivity contribution < 1.29 is 4.39 Å². The molecule has 1 nitrogen and oxygen atoms in total. The zero-order chi connectivity index (χ0) is 13.9. The van der Waals surface area contributed by atoms with Crippen LogP contribution < -0.4 is 5.32 Å². The number of rotatable bonds is 4. The van der Waals surface area contributed by atoms with Gasteiger partial charge in [-0.25, -0.2) is 4.39 Å². The van der Waals surface area contributed by atoms with Crippen molar-refractivity contribution in [3.8, 4) is 0 Å². The highest BCUT2D eigenvalue weighted by Crippen LogP contribution is 2.37. The number of hydrogen-bond donors (Lipinski definition) is 1. The molecule has 1 aliphatic carbocycles. The van der Waals surface area contributed by atoms with Crippen molar-refractivity contribution in [1.82, 2.24) is 5.32 Å². The van der Waals surface area contributed by atoms with Crippen LogP contribution in [0.3, 0.4) is 0 Å². The van der Waals surface area contributed by atoms with Crippen molar-refractivity contribution in [2.24, 2.45) is 0 Å². The Hall–Kier alpha value is -1.67. The van der Waals surface area contributed by atoms with Crippen molar-refractivity contribution in [2.75, 3.05) is 7.05 Å². The van der Waals surface area contributed by atoms with Gasteiger partial charge in [-0.3, -0.25) is 0 Å². The molecule has 0 bridgehead atoms. The van der Waals surface area contributed by atoms with Crippen LogP contribution in [0, 0.1) is 5.82 Å². The Labute approximate surface area is 119 Å². The lowest BCUT2D eigenvalue weighted by atomic mass is 9.79. The SMILES string of the molecule is CNC(c1cccc(C2CCC2)c1)c1ccccc1F. The second-order valence-corrected chi connectivity index (χ2v) is 5.54. The van der Waals surface area contributed by atoms with Crippen LogP contribution >= 0.6 is 0 Å². The first-order valence-corrected chi connectivity index (χ1v) is 7.31. The van der Waals surface area contributed by atoms with Gasteiger partial charge < -0.3 is 5.32 Å². The van der Waals surface area contributed by atoms with Crippen LogP contribution in [-0.4, -0.2) is 7.05 Å². The van der Waals surface area contributed by atoms with Crippen LogP contribution in [0.2, 0.25) is 0 Å². The van der Waals surface area contributed by atoms with Crippen LogP contribution in [0.15, 0.2) is 48.5 Å². The Bertz CT molecular complexity index is 589. The lowest BCUT2D eigenvalue weighted by Gasteiger charge is -2.27. The van der Waals surface area contributed by atoms with Crippen molar-refractivity contribution in [2.45, 2.75) is 31.2 Å². The summed E-state index contributed by atoms with van der Waals surface area (Å²) in [5.41, 5.74) is 3.24. The molecule has 0 heterocycles. The van der Waals surface area contributed by atoms with Gasteiger partial charge >= 0.3 is 0 Å². The molecule has 1 aliphatic rings. The fourth-order valence-corrected chi connectivity index (χ4v) is 2.95. The molecule has 0 amide bonds. The highest BCUT2D eigenvalue weighted by Gasteiger charge is 2.21. The summed E-state index contributed by atoms with van der Waals surface area (Å²) >= 11 is 0. The van der Waals surface area contributed by atoms with Crippen molar-refractivity contribution in [3.63, 3.8) is 0 Å². The first-order valence-electron chi connectivity index (χ1n) is 7.31. The molecule has 2 aromatic carbocycles. The molecule has 1 atom stereocenters. The predicted octanol–water partition coefficient (Wildman–Crippen LogP) is 4.40. The minimum atomic E-state index is -0.152. The Morgan fingerprint density at radius 3 is 2.55 bits per heavy atom. The minimum Gasteiger partial charge on any atom is -0.309 e. The maximum absolute atomic E-state index is 14.0. The third-order valence-corrected chi connectivity index (χ3v) is 4.33. The molecule has 3 rings (SSSR count). The molecule has 0 radical (unpaired) electrons. The Morgan fingerprint density at radius 2 is 1.90 bits per heavy atom. The van der Waals surface area contributed by atoms with E-state index in [1.807, 2.05) is 19.2 Å². The number of hydrogen-bond acceptors (Lipinski definition) is 1. The van der Waals surface area contributed by atoms with Gasteiger partial charge in [0.2, 0.25) is 0 Å². The largest absolute Gasteiger partial charge is 0.309 e. The second kappa shape index (κ2) is 5.76. The third kappa shape index (κ3) is 2.48. The first kappa shape index (κ1) is 13.3. The summed E-state index contributed by atoms with van der Waals surface area (Å²) in [4.78, 5) is 0. The standard InChI is InChI=1S/C18H20FN/c1-20-18(16-10-2-3-11-17(16)19)15-9-5-8-14(12-15)13-6-4-7-13/h2-3,5,8-13,18,20H,4,6-7H2,1H3. The summed E-state index contributed by atoms with van der Waals surface area (Å²) < 4.78 is 14.0. The summed E-state index contributed by atoms with van der Waals surface area (Å²) in [6.45, 7) is 0. The zero-order valence-corrected chi connectivity index (χ0v) is 11.8. The van der Waals surface area contributed by atoms with Gasteiger partial charge in [0, 0.05) is 5.56 Å². The number of halogens is 1. The lowest BCUT2D eigenvalue weighted by molar-refractivity contribution is 0.419. The predicted molar refractivity (Wildman–Crippen MR) is 80.3 cm³/mol. The van der Waals surface area contributed by atoms with Gasteiger partial charge in [0.15, 0.2) is 0 Å². The average Bonchev–Trinajstić information content (AvgIpc) is 2.40. The zero-order valence-electron chi connectivity index (χ0n) is 11.8. The number of nitrogens with one attached hydrogen (secondary N) is 1. The Kier molecular flexibility index (Phi) is 3.83. The maximum Gasteiger partial charge on any atom is 0.128 e. The van der Waals surface area contributed by atoms with E-state index in [0.717, 1.165) is 5.56 Å². The van der Waals surface area contributed by atoms with Crippen molar-refractivity contribution in [3.05, 3.63) is 71.0 Å². The topological polar surface area (TPSA) is 12.0 Å². The third-order valence-electron chi connectivity index (χ3n) is 4.33. The van der Waals surface area contributed by atoms with E-state index in [2.05, 4.69) is 29.6 Å². The lowest BCUT2D eigenvalue weighted by Crippen LogP contribution is -2.19. The molecule has 2 heteroatoms. The Morgan fingerprint density at radius 1 is 1.10 bits per heavy atom. The van der Waals surface area contributed by atoms with Gasteiger partial charge in [-0.2, -0.15) is 0 Å². The molecule has 0 saturated heterocycles. The van der Waals surface area contributed by atoms with Gasteiger partial charge in [-0.1, -0.05) is 48.9 Å².